The first-order valence-electron chi connectivity index (χ1n) is 6.27. The summed E-state index contributed by atoms with van der Waals surface area (Å²) in [5.74, 6) is 3.55. The third-order valence-corrected chi connectivity index (χ3v) is 2.95. The topological polar surface area (TPSA) is 54.2 Å². The smallest absolute Gasteiger partial charge is 0.178 e. The van der Waals surface area contributed by atoms with Crippen LogP contribution in [-0.4, -0.2) is 11.5 Å². The minimum Gasteiger partial charge on any atom is -0.350 e. The van der Waals surface area contributed by atoms with Crippen LogP contribution in [0.2, 0.25) is 0 Å². The number of pyridine rings is 1. The summed E-state index contributed by atoms with van der Waals surface area (Å²) in [7, 11) is 0. The molecule has 2 aromatic rings. The van der Waals surface area contributed by atoms with Gasteiger partial charge in [0, 0.05) is 19.2 Å². The van der Waals surface area contributed by atoms with Crippen molar-refractivity contribution in [1.29, 1.82) is 0 Å². The minimum absolute atomic E-state index is 0.0747. The lowest BCUT2D eigenvalue weighted by Crippen LogP contribution is -2.25. The van der Waals surface area contributed by atoms with Gasteiger partial charge < -0.3 is 10.3 Å². The van der Waals surface area contributed by atoms with Crippen LogP contribution < -0.4 is 16.2 Å². The van der Waals surface area contributed by atoms with Gasteiger partial charge in [0.05, 0.1) is 0 Å². The Morgan fingerprint density at radius 2 is 1.90 bits per heavy atom. The monoisotopic (exact) mass is 278 g/mol. The molecular formula is C14H16F2N4. The second-order valence-corrected chi connectivity index (χ2v) is 4.27. The van der Waals surface area contributed by atoms with Crippen molar-refractivity contribution < 1.29 is 8.78 Å². The number of hydrogen-bond donors (Lipinski definition) is 2. The maximum Gasteiger partial charge on any atom is 0.178 e. The van der Waals surface area contributed by atoms with Gasteiger partial charge in [0.2, 0.25) is 0 Å². The van der Waals surface area contributed by atoms with Crippen LogP contribution in [0.5, 0.6) is 0 Å². The van der Waals surface area contributed by atoms with Gasteiger partial charge in [-0.3, -0.25) is 0 Å². The van der Waals surface area contributed by atoms with Crippen LogP contribution in [-0.2, 0) is 6.54 Å². The highest BCUT2D eigenvalue weighted by molar-refractivity contribution is 5.49. The zero-order valence-electron chi connectivity index (χ0n) is 11.1. The number of nitrogens with one attached hydrogen (secondary N) is 1. The molecule has 1 aromatic carbocycles. The predicted molar refractivity (Wildman–Crippen MR) is 75.1 cm³/mol. The van der Waals surface area contributed by atoms with Crippen molar-refractivity contribution >= 4 is 11.6 Å². The van der Waals surface area contributed by atoms with E-state index in [0.717, 1.165) is 11.6 Å². The van der Waals surface area contributed by atoms with Gasteiger partial charge in [0.1, 0.15) is 0 Å². The molecule has 3 N–H and O–H groups in total. The van der Waals surface area contributed by atoms with E-state index in [1.807, 2.05) is 37.3 Å². The molecule has 0 fully saturated rings. The Labute approximate surface area is 116 Å². The molecule has 0 amide bonds. The molecule has 0 aliphatic rings. The fraction of sp³-hybridized carbons (Fsp3) is 0.214. The molecule has 0 radical (unpaired) electrons. The van der Waals surface area contributed by atoms with Gasteiger partial charge in [-0.05, 0) is 12.5 Å². The molecule has 2 rings (SSSR count). The Hall–Kier alpha value is -2.21. The van der Waals surface area contributed by atoms with Crippen molar-refractivity contribution in [2.75, 3.05) is 16.9 Å². The van der Waals surface area contributed by atoms with Crippen LogP contribution in [0.1, 0.15) is 12.5 Å². The Morgan fingerprint density at radius 3 is 2.50 bits per heavy atom. The Kier molecular flexibility index (Phi) is 4.47. The van der Waals surface area contributed by atoms with E-state index in [1.54, 1.807) is 4.90 Å². The average molecular weight is 278 g/mol. The number of hydrazine groups is 1. The number of hydrogen-bond acceptors (Lipinski definition) is 4. The second-order valence-electron chi connectivity index (χ2n) is 4.27. The van der Waals surface area contributed by atoms with Crippen LogP contribution in [0, 0.1) is 11.6 Å². The average Bonchev–Trinajstić information content (AvgIpc) is 2.46. The Balaban J connectivity index is 2.32. The third-order valence-electron chi connectivity index (χ3n) is 2.95. The predicted octanol–water partition coefficient (Wildman–Crippen LogP) is 2.67. The zero-order chi connectivity index (χ0) is 14.5. The molecule has 6 heteroatoms. The van der Waals surface area contributed by atoms with Gasteiger partial charge in [-0.25, -0.2) is 19.6 Å². The molecule has 0 atom stereocenters. The molecule has 0 bridgehead atoms. The molecular weight excluding hydrogens is 262 g/mol. The highest BCUT2D eigenvalue weighted by atomic mass is 19.1. The first kappa shape index (κ1) is 14.2. The Bertz CT molecular complexity index is 575. The third kappa shape index (κ3) is 3.03. The largest absolute Gasteiger partial charge is 0.350 e. The highest BCUT2D eigenvalue weighted by Gasteiger charge is 2.16. The first-order chi connectivity index (χ1) is 9.65. The van der Waals surface area contributed by atoms with E-state index >= 15 is 0 Å². The number of anilines is 2. The van der Waals surface area contributed by atoms with E-state index in [0.29, 0.717) is 13.1 Å². The van der Waals surface area contributed by atoms with Gasteiger partial charge >= 0.3 is 0 Å². The summed E-state index contributed by atoms with van der Waals surface area (Å²) in [6.45, 7) is 2.90. The van der Waals surface area contributed by atoms with E-state index in [1.165, 1.54) is 0 Å². The van der Waals surface area contributed by atoms with Gasteiger partial charge in [0.15, 0.2) is 23.3 Å². The zero-order valence-corrected chi connectivity index (χ0v) is 11.1. The lowest BCUT2D eigenvalue weighted by molar-refractivity contribution is 0.569. The summed E-state index contributed by atoms with van der Waals surface area (Å²) >= 11 is 0. The number of aromatic nitrogens is 1. The quantitative estimate of drug-likeness (QED) is 0.652. The number of nitrogen functional groups attached to an aromatic ring is 1. The van der Waals surface area contributed by atoms with Crippen molar-refractivity contribution in [3.05, 3.63) is 53.6 Å². The fourth-order valence-corrected chi connectivity index (χ4v) is 1.92. The van der Waals surface area contributed by atoms with Crippen molar-refractivity contribution in [1.82, 2.24) is 4.98 Å². The van der Waals surface area contributed by atoms with E-state index < -0.39 is 11.6 Å². The van der Waals surface area contributed by atoms with Crippen LogP contribution in [0.15, 0.2) is 36.4 Å². The van der Waals surface area contributed by atoms with Gasteiger partial charge in [0.25, 0.3) is 0 Å². The number of rotatable bonds is 5. The summed E-state index contributed by atoms with van der Waals surface area (Å²) in [6, 6.07) is 10.4. The number of nitrogens with two attached hydrogens (primary N) is 1. The van der Waals surface area contributed by atoms with Crippen LogP contribution >= 0.6 is 0 Å². The van der Waals surface area contributed by atoms with E-state index in [9.17, 15) is 8.78 Å². The molecule has 1 heterocycles. The molecule has 1 aromatic heterocycles. The van der Waals surface area contributed by atoms with Crippen molar-refractivity contribution in [3.63, 3.8) is 0 Å². The molecule has 0 saturated carbocycles. The summed E-state index contributed by atoms with van der Waals surface area (Å²) in [5.41, 5.74) is 3.14. The van der Waals surface area contributed by atoms with Crippen molar-refractivity contribution in [2.24, 2.45) is 5.84 Å². The lowest BCUT2D eigenvalue weighted by atomic mass is 10.2. The van der Waals surface area contributed by atoms with Gasteiger partial charge in [-0.1, -0.05) is 30.3 Å². The molecule has 4 nitrogen and oxygen atoms in total. The van der Waals surface area contributed by atoms with Crippen molar-refractivity contribution in [3.8, 4) is 0 Å². The van der Waals surface area contributed by atoms with Crippen LogP contribution in [0.4, 0.5) is 20.4 Å². The molecule has 0 saturated heterocycles. The molecule has 0 unspecified atom stereocenters. The summed E-state index contributed by atoms with van der Waals surface area (Å²) in [5, 5.41) is 0. The van der Waals surface area contributed by atoms with Gasteiger partial charge in [-0.2, -0.15) is 0 Å². The first-order valence-corrected chi connectivity index (χ1v) is 6.27. The maximum atomic E-state index is 13.9. The number of halogens is 2. The summed E-state index contributed by atoms with van der Waals surface area (Å²) < 4.78 is 27.3. The van der Waals surface area contributed by atoms with E-state index in [4.69, 9.17) is 5.84 Å². The highest BCUT2D eigenvalue weighted by Crippen LogP contribution is 2.23. The van der Waals surface area contributed by atoms with Crippen LogP contribution in [0.3, 0.4) is 0 Å². The lowest BCUT2D eigenvalue weighted by Gasteiger charge is -2.23. The molecule has 106 valence electrons. The summed E-state index contributed by atoms with van der Waals surface area (Å²) in [6.07, 6.45) is 0. The summed E-state index contributed by atoms with van der Waals surface area (Å²) in [4.78, 5) is 5.61. The number of nitrogens with zero attached hydrogens (tertiary/aromatic N) is 2. The Morgan fingerprint density at radius 1 is 1.20 bits per heavy atom. The normalized spacial score (nSPS) is 10.4. The molecule has 20 heavy (non-hydrogen) atoms. The van der Waals surface area contributed by atoms with E-state index in [2.05, 4.69) is 10.4 Å². The standard InChI is InChI=1S/C14H16F2N4/c1-2-20(9-10-6-4-3-5-7-10)14-12(16)8-11(15)13(18-14)19-17/h3-8H,2,9,17H2,1H3,(H,18,19). The molecule has 0 aliphatic heterocycles. The minimum atomic E-state index is -0.815. The second kappa shape index (κ2) is 6.29. The maximum absolute atomic E-state index is 13.9. The molecule has 0 aliphatic carbocycles. The number of benzene rings is 1. The molecule has 0 spiro atoms. The fourth-order valence-electron chi connectivity index (χ4n) is 1.92. The SMILES string of the molecule is CCN(Cc1ccccc1)c1nc(NN)c(F)cc1F. The van der Waals surface area contributed by atoms with E-state index in [-0.39, 0.29) is 11.6 Å². The van der Waals surface area contributed by atoms with Crippen LogP contribution in [0.25, 0.3) is 0 Å². The van der Waals surface area contributed by atoms with Gasteiger partial charge in [-0.15, -0.1) is 0 Å². The van der Waals surface area contributed by atoms with Crippen molar-refractivity contribution in [2.45, 2.75) is 13.5 Å².